The summed E-state index contributed by atoms with van der Waals surface area (Å²) in [5, 5.41) is 7.28. The van der Waals surface area contributed by atoms with Gasteiger partial charge in [-0.1, -0.05) is 12.5 Å². The molecular weight excluding hydrogens is 345 g/mol. The second-order valence-corrected chi connectivity index (χ2v) is 8.46. The Bertz CT molecular complexity index is 878. The van der Waals surface area contributed by atoms with Crippen LogP contribution in [0.2, 0.25) is 0 Å². The SMILES string of the molecule is CC1=Cc2c(cnn2-c2ccc(F)cc2)CC1(C)COC(=O)NC(C)(C)C. The van der Waals surface area contributed by atoms with Gasteiger partial charge >= 0.3 is 6.09 Å². The van der Waals surface area contributed by atoms with Crippen molar-refractivity contribution in [3.8, 4) is 5.69 Å². The number of alkyl carbamates (subject to hydrolysis) is 1. The quantitative estimate of drug-likeness (QED) is 0.864. The molecule has 1 N–H and O–H groups in total. The molecule has 5 nitrogen and oxygen atoms in total. The molecule has 0 saturated carbocycles. The van der Waals surface area contributed by atoms with Gasteiger partial charge in [-0.05, 0) is 70.0 Å². The van der Waals surface area contributed by atoms with Crippen LogP contribution in [-0.2, 0) is 11.2 Å². The summed E-state index contributed by atoms with van der Waals surface area (Å²) >= 11 is 0. The van der Waals surface area contributed by atoms with Crippen LogP contribution in [0.5, 0.6) is 0 Å². The maximum atomic E-state index is 13.2. The molecule has 1 aromatic heterocycles. The van der Waals surface area contributed by atoms with Gasteiger partial charge in [0.15, 0.2) is 0 Å². The third-order valence-electron chi connectivity index (χ3n) is 4.84. The van der Waals surface area contributed by atoms with Gasteiger partial charge in [-0.2, -0.15) is 5.10 Å². The summed E-state index contributed by atoms with van der Waals surface area (Å²) in [5.41, 5.74) is 3.36. The van der Waals surface area contributed by atoms with Crippen molar-refractivity contribution >= 4 is 12.2 Å². The first-order valence-electron chi connectivity index (χ1n) is 9.04. The number of hydrogen-bond donors (Lipinski definition) is 1. The molecule has 0 fully saturated rings. The monoisotopic (exact) mass is 371 g/mol. The Morgan fingerprint density at radius 2 is 2.00 bits per heavy atom. The molecule has 1 atom stereocenters. The molecule has 1 heterocycles. The van der Waals surface area contributed by atoms with Crippen molar-refractivity contribution in [3.05, 3.63) is 53.1 Å². The number of nitrogens with zero attached hydrogens (tertiary/aromatic N) is 2. The van der Waals surface area contributed by atoms with Crippen molar-refractivity contribution in [1.82, 2.24) is 15.1 Å². The minimum absolute atomic E-state index is 0.273. The van der Waals surface area contributed by atoms with Gasteiger partial charge in [-0.3, -0.25) is 0 Å². The summed E-state index contributed by atoms with van der Waals surface area (Å²) in [7, 11) is 0. The molecule has 0 radical (unpaired) electrons. The van der Waals surface area contributed by atoms with Gasteiger partial charge in [-0.25, -0.2) is 13.9 Å². The molecule has 1 aromatic carbocycles. The molecule has 6 heteroatoms. The van der Waals surface area contributed by atoms with E-state index in [1.54, 1.807) is 12.1 Å². The summed E-state index contributed by atoms with van der Waals surface area (Å²) in [6.07, 6.45) is 4.20. The molecule has 0 aliphatic heterocycles. The zero-order valence-electron chi connectivity index (χ0n) is 16.5. The summed E-state index contributed by atoms with van der Waals surface area (Å²) in [6, 6.07) is 6.27. The number of ether oxygens (including phenoxy) is 1. The lowest BCUT2D eigenvalue weighted by Crippen LogP contribution is -2.42. The van der Waals surface area contributed by atoms with E-state index in [1.165, 1.54) is 12.1 Å². The highest BCUT2D eigenvalue weighted by molar-refractivity contribution is 5.68. The molecule has 144 valence electrons. The van der Waals surface area contributed by atoms with Gasteiger partial charge in [0.1, 0.15) is 12.4 Å². The van der Waals surface area contributed by atoms with Crippen LogP contribution in [0.4, 0.5) is 9.18 Å². The Kier molecular flexibility index (Phi) is 4.84. The average molecular weight is 371 g/mol. The first-order chi connectivity index (χ1) is 12.6. The highest BCUT2D eigenvalue weighted by Gasteiger charge is 2.34. The van der Waals surface area contributed by atoms with Gasteiger partial charge in [0, 0.05) is 11.0 Å². The second-order valence-electron chi connectivity index (χ2n) is 8.46. The molecule has 1 unspecified atom stereocenters. The standard InChI is InChI=1S/C21H26FN3O2/c1-14-10-18-15(12-23-25(18)17-8-6-16(22)7-9-17)11-21(14,5)13-27-19(26)24-20(2,3)4/h6-10,12H,11,13H2,1-5H3,(H,24,26). The highest BCUT2D eigenvalue weighted by Crippen LogP contribution is 2.39. The van der Waals surface area contributed by atoms with E-state index in [2.05, 4.69) is 23.4 Å². The van der Waals surface area contributed by atoms with Crippen LogP contribution in [-0.4, -0.2) is 28.0 Å². The number of amides is 1. The third-order valence-corrected chi connectivity index (χ3v) is 4.84. The number of carbonyl (C=O) groups excluding carboxylic acids is 1. The summed E-state index contributed by atoms with van der Waals surface area (Å²) < 4.78 is 20.5. The van der Waals surface area contributed by atoms with Crippen molar-refractivity contribution in [2.24, 2.45) is 5.41 Å². The topological polar surface area (TPSA) is 56.2 Å². The van der Waals surface area contributed by atoms with Crippen LogP contribution in [0.3, 0.4) is 0 Å². The maximum absolute atomic E-state index is 13.2. The molecule has 0 spiro atoms. The average Bonchev–Trinajstić information content (AvgIpc) is 2.95. The van der Waals surface area contributed by atoms with Gasteiger partial charge in [0.05, 0.1) is 17.6 Å². The van der Waals surface area contributed by atoms with Crippen molar-refractivity contribution in [1.29, 1.82) is 0 Å². The van der Waals surface area contributed by atoms with Gasteiger partial charge in [-0.15, -0.1) is 0 Å². The number of carbonyl (C=O) groups is 1. The van der Waals surface area contributed by atoms with Crippen LogP contribution in [0.1, 0.15) is 45.9 Å². The lowest BCUT2D eigenvalue weighted by Gasteiger charge is -2.34. The first-order valence-corrected chi connectivity index (χ1v) is 9.04. The molecule has 2 aromatic rings. The Hall–Kier alpha value is -2.63. The van der Waals surface area contributed by atoms with Gasteiger partial charge in [0.2, 0.25) is 0 Å². The Labute approximate surface area is 159 Å². The molecule has 1 aliphatic rings. The smallest absolute Gasteiger partial charge is 0.407 e. The zero-order valence-corrected chi connectivity index (χ0v) is 16.5. The number of hydrogen-bond acceptors (Lipinski definition) is 3. The van der Waals surface area contributed by atoms with E-state index >= 15 is 0 Å². The van der Waals surface area contributed by atoms with Crippen LogP contribution >= 0.6 is 0 Å². The van der Waals surface area contributed by atoms with Crippen LogP contribution in [0, 0.1) is 11.2 Å². The number of benzene rings is 1. The minimum Gasteiger partial charge on any atom is -0.449 e. The molecular formula is C21H26FN3O2. The van der Waals surface area contributed by atoms with E-state index in [9.17, 15) is 9.18 Å². The van der Waals surface area contributed by atoms with E-state index in [0.29, 0.717) is 13.0 Å². The van der Waals surface area contributed by atoms with Crippen LogP contribution in [0.15, 0.2) is 36.0 Å². The fraction of sp³-hybridized carbons (Fsp3) is 0.429. The molecule has 3 rings (SSSR count). The fourth-order valence-corrected chi connectivity index (χ4v) is 3.14. The normalized spacial score (nSPS) is 19.3. The number of nitrogens with one attached hydrogen (secondary N) is 1. The predicted molar refractivity (Wildman–Crippen MR) is 103 cm³/mol. The summed E-state index contributed by atoms with van der Waals surface area (Å²) in [4.78, 5) is 12.0. The van der Waals surface area contributed by atoms with E-state index in [0.717, 1.165) is 22.5 Å². The predicted octanol–water partition coefficient (Wildman–Crippen LogP) is 4.50. The molecule has 1 aliphatic carbocycles. The van der Waals surface area contributed by atoms with Crippen LogP contribution in [0.25, 0.3) is 11.8 Å². The molecule has 0 bridgehead atoms. The van der Waals surface area contributed by atoms with E-state index < -0.39 is 6.09 Å². The van der Waals surface area contributed by atoms with Crippen molar-refractivity contribution in [2.45, 2.75) is 46.6 Å². The van der Waals surface area contributed by atoms with Gasteiger partial charge < -0.3 is 10.1 Å². The van der Waals surface area contributed by atoms with Crippen molar-refractivity contribution in [3.63, 3.8) is 0 Å². The summed E-state index contributed by atoms with van der Waals surface area (Å²) in [5.74, 6) is -0.273. The Morgan fingerprint density at radius 3 is 2.63 bits per heavy atom. The van der Waals surface area contributed by atoms with E-state index in [4.69, 9.17) is 4.74 Å². The third kappa shape index (κ3) is 4.21. The molecule has 1 amide bonds. The van der Waals surface area contributed by atoms with Crippen molar-refractivity contribution < 1.29 is 13.9 Å². The lowest BCUT2D eigenvalue weighted by atomic mass is 9.74. The molecule has 0 saturated heterocycles. The van der Waals surface area contributed by atoms with E-state index in [-0.39, 0.29) is 16.8 Å². The number of aromatic nitrogens is 2. The number of rotatable bonds is 3. The largest absolute Gasteiger partial charge is 0.449 e. The zero-order chi connectivity index (χ0) is 19.8. The van der Waals surface area contributed by atoms with E-state index in [1.807, 2.05) is 38.6 Å². The molecule has 27 heavy (non-hydrogen) atoms. The van der Waals surface area contributed by atoms with Gasteiger partial charge in [0.25, 0.3) is 0 Å². The van der Waals surface area contributed by atoms with Crippen molar-refractivity contribution in [2.75, 3.05) is 6.61 Å². The second kappa shape index (κ2) is 6.83. The highest BCUT2D eigenvalue weighted by atomic mass is 19.1. The number of halogens is 1. The van der Waals surface area contributed by atoms with Crippen LogP contribution < -0.4 is 5.32 Å². The summed E-state index contributed by atoms with van der Waals surface area (Å²) in [6.45, 7) is 10.2. The fourth-order valence-electron chi connectivity index (χ4n) is 3.14. The number of fused-ring (bicyclic) bond motifs is 1. The lowest BCUT2D eigenvalue weighted by molar-refractivity contribution is 0.0992. The Morgan fingerprint density at radius 1 is 1.33 bits per heavy atom. The Balaban J connectivity index is 1.79. The maximum Gasteiger partial charge on any atom is 0.407 e. The first kappa shape index (κ1) is 19.1. The minimum atomic E-state index is -0.413.